The number of hydrogen-bond acceptors (Lipinski definition) is 4. The molecule has 0 bridgehead atoms. The summed E-state index contributed by atoms with van der Waals surface area (Å²) in [5.74, 6) is -2.18. The molecule has 17 heavy (non-hydrogen) atoms. The quantitative estimate of drug-likeness (QED) is 0.611. The minimum atomic E-state index is -0.833. The van der Waals surface area contributed by atoms with Crippen LogP contribution in [-0.2, 0) is 4.79 Å². The number of nitrogens with zero attached hydrogens (tertiary/aromatic N) is 1. The van der Waals surface area contributed by atoms with Gasteiger partial charge in [0.1, 0.15) is 5.82 Å². The van der Waals surface area contributed by atoms with Crippen LogP contribution in [0.15, 0.2) is 18.2 Å². The Hall–Kier alpha value is -2.44. The van der Waals surface area contributed by atoms with Crippen LogP contribution in [0.2, 0.25) is 0 Å². The first-order chi connectivity index (χ1) is 7.91. The minimum Gasteiger partial charge on any atom is -0.502 e. The van der Waals surface area contributed by atoms with Gasteiger partial charge in [-0.2, -0.15) is 0 Å². The zero-order valence-electron chi connectivity index (χ0n) is 8.59. The standard InChI is InChI=1S/C10H9FN2O4/c11-7-5-9(14)8(13(16)17)4-6(7)2-1-3-10(12)15/h1-2,4-5,14H,3H2,(H2,12,15). The number of aromatic hydroxyl groups is 1. The molecule has 0 fully saturated rings. The lowest BCUT2D eigenvalue weighted by atomic mass is 10.1. The average Bonchev–Trinajstić information content (AvgIpc) is 2.20. The molecule has 3 N–H and O–H groups in total. The van der Waals surface area contributed by atoms with E-state index in [0.29, 0.717) is 6.07 Å². The lowest BCUT2D eigenvalue weighted by Gasteiger charge is -2.00. The fraction of sp³-hybridized carbons (Fsp3) is 0.100. The van der Waals surface area contributed by atoms with Crippen molar-refractivity contribution in [2.75, 3.05) is 0 Å². The molecule has 0 heterocycles. The molecule has 0 saturated carbocycles. The van der Waals surface area contributed by atoms with Gasteiger partial charge in [-0.25, -0.2) is 4.39 Å². The fourth-order valence-electron chi connectivity index (χ4n) is 1.14. The van der Waals surface area contributed by atoms with Gasteiger partial charge in [0.05, 0.1) is 4.92 Å². The Balaban J connectivity index is 3.07. The molecule has 0 spiro atoms. The molecule has 6 nitrogen and oxygen atoms in total. The number of carbonyl (C=O) groups excluding carboxylic acids is 1. The molecular weight excluding hydrogens is 231 g/mol. The van der Waals surface area contributed by atoms with Gasteiger partial charge in [-0.15, -0.1) is 0 Å². The molecule has 1 aromatic carbocycles. The molecule has 0 aliphatic rings. The lowest BCUT2D eigenvalue weighted by Crippen LogP contribution is -2.07. The second-order valence-electron chi connectivity index (χ2n) is 3.19. The van der Waals surface area contributed by atoms with Crippen LogP contribution in [0.25, 0.3) is 6.08 Å². The number of nitrogens with two attached hydrogens (primary N) is 1. The van der Waals surface area contributed by atoms with Gasteiger partial charge in [0, 0.05) is 24.1 Å². The Morgan fingerprint density at radius 1 is 1.59 bits per heavy atom. The van der Waals surface area contributed by atoms with E-state index in [-0.39, 0.29) is 12.0 Å². The predicted molar refractivity (Wildman–Crippen MR) is 57.6 cm³/mol. The van der Waals surface area contributed by atoms with Crippen LogP contribution in [-0.4, -0.2) is 15.9 Å². The third-order valence-corrected chi connectivity index (χ3v) is 1.91. The summed E-state index contributed by atoms with van der Waals surface area (Å²) < 4.78 is 13.3. The van der Waals surface area contributed by atoms with Crippen molar-refractivity contribution < 1.29 is 19.2 Å². The van der Waals surface area contributed by atoms with E-state index in [1.54, 1.807) is 0 Å². The first-order valence-corrected chi connectivity index (χ1v) is 4.53. The monoisotopic (exact) mass is 240 g/mol. The normalized spacial score (nSPS) is 10.6. The Labute approximate surface area is 95.3 Å². The van der Waals surface area contributed by atoms with E-state index < -0.39 is 28.1 Å². The van der Waals surface area contributed by atoms with Crippen LogP contribution in [0.1, 0.15) is 12.0 Å². The van der Waals surface area contributed by atoms with Crippen LogP contribution < -0.4 is 5.73 Å². The van der Waals surface area contributed by atoms with Gasteiger partial charge >= 0.3 is 5.69 Å². The minimum absolute atomic E-state index is 0.101. The Kier molecular flexibility index (Phi) is 3.76. The highest BCUT2D eigenvalue weighted by molar-refractivity contribution is 5.76. The van der Waals surface area contributed by atoms with Crippen molar-refractivity contribution in [2.24, 2.45) is 5.73 Å². The van der Waals surface area contributed by atoms with E-state index in [0.717, 1.165) is 6.07 Å². The number of benzene rings is 1. The predicted octanol–water partition coefficient (Wildman–Crippen LogP) is 1.33. The van der Waals surface area contributed by atoms with E-state index in [1.807, 2.05) is 0 Å². The van der Waals surface area contributed by atoms with Gasteiger partial charge in [0.15, 0.2) is 5.75 Å². The largest absolute Gasteiger partial charge is 0.502 e. The number of phenolic OH excluding ortho intramolecular Hbond substituents is 1. The van der Waals surface area contributed by atoms with E-state index in [4.69, 9.17) is 10.8 Å². The van der Waals surface area contributed by atoms with Gasteiger partial charge in [0.2, 0.25) is 5.91 Å². The number of rotatable bonds is 4. The maximum atomic E-state index is 13.3. The smallest absolute Gasteiger partial charge is 0.311 e. The molecule has 0 atom stereocenters. The van der Waals surface area contributed by atoms with Crippen molar-refractivity contribution in [1.82, 2.24) is 0 Å². The Bertz CT molecular complexity index is 499. The van der Waals surface area contributed by atoms with Crippen LogP contribution in [0, 0.1) is 15.9 Å². The molecule has 7 heteroatoms. The number of phenols is 1. The first kappa shape index (κ1) is 12.6. The summed E-state index contributed by atoms with van der Waals surface area (Å²) in [7, 11) is 0. The zero-order chi connectivity index (χ0) is 13.0. The maximum absolute atomic E-state index is 13.3. The molecule has 0 aliphatic carbocycles. The number of carbonyl (C=O) groups is 1. The highest BCUT2D eigenvalue weighted by atomic mass is 19.1. The molecule has 1 amide bonds. The van der Waals surface area contributed by atoms with Gasteiger partial charge in [-0.3, -0.25) is 14.9 Å². The van der Waals surface area contributed by atoms with Gasteiger partial charge in [-0.05, 0) is 0 Å². The second kappa shape index (κ2) is 5.06. The van der Waals surface area contributed by atoms with Crippen LogP contribution in [0.4, 0.5) is 10.1 Å². The summed E-state index contributed by atoms with van der Waals surface area (Å²) in [5, 5.41) is 19.6. The third-order valence-electron chi connectivity index (χ3n) is 1.91. The van der Waals surface area contributed by atoms with Gasteiger partial charge < -0.3 is 10.8 Å². The summed E-state index contributed by atoms with van der Waals surface area (Å²) in [6, 6.07) is 1.52. The van der Waals surface area contributed by atoms with E-state index in [2.05, 4.69) is 0 Å². The van der Waals surface area contributed by atoms with E-state index >= 15 is 0 Å². The van der Waals surface area contributed by atoms with Crippen molar-refractivity contribution in [1.29, 1.82) is 0 Å². The summed E-state index contributed by atoms with van der Waals surface area (Å²) >= 11 is 0. The van der Waals surface area contributed by atoms with Crippen molar-refractivity contribution in [3.63, 3.8) is 0 Å². The van der Waals surface area contributed by atoms with Gasteiger partial charge in [0.25, 0.3) is 0 Å². The second-order valence-corrected chi connectivity index (χ2v) is 3.19. The summed E-state index contributed by atoms with van der Waals surface area (Å²) in [6.07, 6.45) is 2.36. The van der Waals surface area contributed by atoms with Crippen molar-refractivity contribution in [2.45, 2.75) is 6.42 Å². The highest BCUT2D eigenvalue weighted by Gasteiger charge is 2.16. The number of amides is 1. The SMILES string of the molecule is NC(=O)CC=Cc1cc([N+](=O)[O-])c(O)cc1F. The van der Waals surface area contributed by atoms with Crippen LogP contribution in [0.5, 0.6) is 5.75 Å². The van der Waals surface area contributed by atoms with E-state index in [9.17, 15) is 19.3 Å². The topological polar surface area (TPSA) is 106 Å². The first-order valence-electron chi connectivity index (χ1n) is 4.53. The van der Waals surface area contributed by atoms with Crippen molar-refractivity contribution in [3.05, 3.63) is 39.7 Å². The zero-order valence-corrected chi connectivity index (χ0v) is 8.59. The summed E-state index contributed by atoms with van der Waals surface area (Å²) in [6.45, 7) is 0. The number of nitro groups is 1. The maximum Gasteiger partial charge on any atom is 0.311 e. The fourth-order valence-corrected chi connectivity index (χ4v) is 1.14. The number of nitro benzene ring substituents is 1. The average molecular weight is 240 g/mol. The Morgan fingerprint density at radius 2 is 2.24 bits per heavy atom. The molecule has 0 aliphatic heterocycles. The Morgan fingerprint density at radius 3 is 2.76 bits per heavy atom. The van der Waals surface area contributed by atoms with Crippen LogP contribution >= 0.6 is 0 Å². The summed E-state index contributed by atoms with van der Waals surface area (Å²) in [5.41, 5.74) is 4.16. The molecule has 0 saturated heterocycles. The molecule has 0 unspecified atom stereocenters. The number of hydrogen-bond donors (Lipinski definition) is 2. The van der Waals surface area contributed by atoms with Gasteiger partial charge in [-0.1, -0.05) is 12.2 Å². The van der Waals surface area contributed by atoms with Crippen molar-refractivity contribution >= 4 is 17.7 Å². The molecule has 0 radical (unpaired) electrons. The van der Waals surface area contributed by atoms with E-state index in [1.165, 1.54) is 12.2 Å². The molecule has 1 aromatic rings. The highest BCUT2D eigenvalue weighted by Crippen LogP contribution is 2.29. The molecule has 0 aromatic heterocycles. The molecule has 1 rings (SSSR count). The number of halogens is 1. The summed E-state index contributed by atoms with van der Waals surface area (Å²) in [4.78, 5) is 20.1. The lowest BCUT2D eigenvalue weighted by molar-refractivity contribution is -0.385. The third kappa shape index (κ3) is 3.26. The number of primary amides is 1. The van der Waals surface area contributed by atoms with Crippen LogP contribution in [0.3, 0.4) is 0 Å². The molecular formula is C10H9FN2O4. The van der Waals surface area contributed by atoms with Crippen molar-refractivity contribution in [3.8, 4) is 5.75 Å². The molecule has 90 valence electrons.